The fourth-order valence-corrected chi connectivity index (χ4v) is 1.39. The second kappa shape index (κ2) is 3.86. The average Bonchev–Trinajstić information content (AvgIpc) is 2.70. The lowest BCUT2D eigenvalue weighted by Gasteiger charge is -2.11. The number of benzene rings is 1. The summed E-state index contributed by atoms with van der Waals surface area (Å²) in [4.78, 5) is 0. The van der Waals surface area contributed by atoms with E-state index in [9.17, 15) is 5.11 Å². The summed E-state index contributed by atoms with van der Waals surface area (Å²) < 4.78 is 15.5. The standard InChI is InChI=1S/C10H12O4/c1-12-7-2-3-8(9(11)6-7)10-13-4-5-14-10/h2-3,6,10-11H,4-5H2,1H3. The maximum atomic E-state index is 9.64. The van der Waals surface area contributed by atoms with Crippen molar-refractivity contribution in [3.63, 3.8) is 0 Å². The lowest BCUT2D eigenvalue weighted by molar-refractivity contribution is -0.0454. The van der Waals surface area contributed by atoms with Gasteiger partial charge < -0.3 is 19.3 Å². The molecule has 0 bridgehead atoms. The van der Waals surface area contributed by atoms with Crippen LogP contribution in [0.1, 0.15) is 11.9 Å². The van der Waals surface area contributed by atoms with Gasteiger partial charge in [0, 0.05) is 11.6 Å². The van der Waals surface area contributed by atoms with Gasteiger partial charge in [-0.05, 0) is 12.1 Å². The SMILES string of the molecule is COc1ccc(C2OCCO2)c(O)c1. The van der Waals surface area contributed by atoms with Crippen LogP contribution in [0, 0.1) is 0 Å². The second-order valence-corrected chi connectivity index (χ2v) is 3.00. The van der Waals surface area contributed by atoms with E-state index in [2.05, 4.69) is 0 Å². The third-order valence-corrected chi connectivity index (χ3v) is 2.11. The summed E-state index contributed by atoms with van der Waals surface area (Å²) in [7, 11) is 1.55. The van der Waals surface area contributed by atoms with E-state index in [4.69, 9.17) is 14.2 Å². The fraction of sp³-hybridized carbons (Fsp3) is 0.400. The summed E-state index contributed by atoms with van der Waals surface area (Å²) in [6.45, 7) is 1.13. The van der Waals surface area contributed by atoms with E-state index in [0.717, 1.165) is 0 Å². The smallest absolute Gasteiger partial charge is 0.187 e. The maximum absolute atomic E-state index is 9.64. The second-order valence-electron chi connectivity index (χ2n) is 3.00. The molecule has 14 heavy (non-hydrogen) atoms. The van der Waals surface area contributed by atoms with Crippen LogP contribution in [0.5, 0.6) is 11.5 Å². The van der Waals surface area contributed by atoms with Gasteiger partial charge in [-0.15, -0.1) is 0 Å². The lowest BCUT2D eigenvalue weighted by atomic mass is 10.2. The average molecular weight is 196 g/mol. The minimum absolute atomic E-state index is 0.135. The molecule has 1 heterocycles. The number of phenolic OH excluding ortho intramolecular Hbond substituents is 1. The van der Waals surface area contributed by atoms with Crippen molar-refractivity contribution < 1.29 is 19.3 Å². The quantitative estimate of drug-likeness (QED) is 0.777. The minimum atomic E-state index is -0.444. The maximum Gasteiger partial charge on any atom is 0.187 e. The predicted molar refractivity (Wildman–Crippen MR) is 49.3 cm³/mol. The zero-order valence-corrected chi connectivity index (χ0v) is 7.90. The molecule has 0 atom stereocenters. The van der Waals surface area contributed by atoms with Crippen LogP contribution in [0.15, 0.2) is 18.2 Å². The molecule has 1 N–H and O–H groups in total. The molecule has 4 heteroatoms. The highest BCUT2D eigenvalue weighted by Gasteiger charge is 2.21. The highest BCUT2D eigenvalue weighted by molar-refractivity contribution is 5.40. The Morgan fingerprint density at radius 2 is 2.07 bits per heavy atom. The molecule has 1 fully saturated rings. The van der Waals surface area contributed by atoms with Gasteiger partial charge in [-0.2, -0.15) is 0 Å². The molecule has 2 rings (SSSR count). The van der Waals surface area contributed by atoms with Gasteiger partial charge in [0.25, 0.3) is 0 Å². The Kier molecular flexibility index (Phi) is 2.56. The zero-order chi connectivity index (χ0) is 9.97. The number of hydrogen-bond donors (Lipinski definition) is 1. The molecule has 1 aliphatic heterocycles. The van der Waals surface area contributed by atoms with Gasteiger partial charge in [-0.1, -0.05) is 0 Å². The van der Waals surface area contributed by atoms with Gasteiger partial charge in [-0.25, -0.2) is 0 Å². The molecule has 0 amide bonds. The van der Waals surface area contributed by atoms with E-state index in [-0.39, 0.29) is 5.75 Å². The van der Waals surface area contributed by atoms with Crippen molar-refractivity contribution in [2.24, 2.45) is 0 Å². The van der Waals surface area contributed by atoms with E-state index in [1.165, 1.54) is 0 Å². The zero-order valence-electron chi connectivity index (χ0n) is 7.90. The number of aromatic hydroxyl groups is 1. The number of methoxy groups -OCH3 is 1. The molecule has 1 aromatic carbocycles. The minimum Gasteiger partial charge on any atom is -0.507 e. The van der Waals surface area contributed by atoms with Crippen LogP contribution in [-0.2, 0) is 9.47 Å². The first kappa shape index (κ1) is 9.30. The number of rotatable bonds is 2. The first-order valence-corrected chi connectivity index (χ1v) is 4.41. The first-order valence-electron chi connectivity index (χ1n) is 4.41. The van der Waals surface area contributed by atoms with Crippen LogP contribution in [0.4, 0.5) is 0 Å². The van der Waals surface area contributed by atoms with Crippen molar-refractivity contribution >= 4 is 0 Å². The molecule has 1 saturated heterocycles. The summed E-state index contributed by atoms with van der Waals surface area (Å²) in [6, 6.07) is 5.05. The Morgan fingerprint density at radius 1 is 1.36 bits per heavy atom. The van der Waals surface area contributed by atoms with Crippen LogP contribution in [0.2, 0.25) is 0 Å². The van der Waals surface area contributed by atoms with Crippen molar-refractivity contribution in [3.05, 3.63) is 23.8 Å². The highest BCUT2D eigenvalue weighted by Crippen LogP contribution is 2.32. The van der Waals surface area contributed by atoms with Gasteiger partial charge in [0.2, 0.25) is 0 Å². The topological polar surface area (TPSA) is 47.9 Å². The fourth-order valence-electron chi connectivity index (χ4n) is 1.39. The third-order valence-electron chi connectivity index (χ3n) is 2.11. The molecule has 0 aromatic heterocycles. The molecular formula is C10H12O4. The van der Waals surface area contributed by atoms with E-state index < -0.39 is 6.29 Å². The van der Waals surface area contributed by atoms with Gasteiger partial charge in [-0.3, -0.25) is 0 Å². The lowest BCUT2D eigenvalue weighted by Crippen LogP contribution is -1.98. The highest BCUT2D eigenvalue weighted by atomic mass is 16.7. The van der Waals surface area contributed by atoms with Gasteiger partial charge in [0.1, 0.15) is 11.5 Å². The van der Waals surface area contributed by atoms with Crippen molar-refractivity contribution in [2.45, 2.75) is 6.29 Å². The van der Waals surface area contributed by atoms with E-state index in [1.54, 1.807) is 25.3 Å². The van der Waals surface area contributed by atoms with Crippen molar-refractivity contribution in [3.8, 4) is 11.5 Å². The molecule has 1 aromatic rings. The first-order chi connectivity index (χ1) is 6.81. The van der Waals surface area contributed by atoms with Crippen LogP contribution in [0.3, 0.4) is 0 Å². The summed E-state index contributed by atoms with van der Waals surface area (Å²) in [5.41, 5.74) is 0.642. The molecule has 0 radical (unpaired) electrons. The molecule has 0 saturated carbocycles. The van der Waals surface area contributed by atoms with Gasteiger partial charge >= 0.3 is 0 Å². The van der Waals surface area contributed by atoms with E-state index >= 15 is 0 Å². The summed E-state index contributed by atoms with van der Waals surface area (Å²) in [6.07, 6.45) is -0.444. The Hall–Kier alpha value is -1.26. The van der Waals surface area contributed by atoms with E-state index in [0.29, 0.717) is 24.5 Å². The van der Waals surface area contributed by atoms with Crippen molar-refractivity contribution in [2.75, 3.05) is 20.3 Å². The van der Waals surface area contributed by atoms with Crippen molar-refractivity contribution in [1.82, 2.24) is 0 Å². The van der Waals surface area contributed by atoms with Gasteiger partial charge in [0.15, 0.2) is 6.29 Å². The molecule has 4 nitrogen and oxygen atoms in total. The Bertz CT molecular complexity index is 318. The Morgan fingerprint density at radius 3 is 2.64 bits per heavy atom. The third kappa shape index (κ3) is 1.66. The molecule has 76 valence electrons. The number of hydrogen-bond acceptors (Lipinski definition) is 4. The van der Waals surface area contributed by atoms with Gasteiger partial charge in [0.05, 0.1) is 20.3 Å². The molecule has 0 aliphatic carbocycles. The summed E-state index contributed by atoms with van der Waals surface area (Å²) in [5, 5.41) is 9.64. The number of ether oxygens (including phenoxy) is 3. The van der Waals surface area contributed by atoms with E-state index in [1.807, 2.05) is 0 Å². The number of phenols is 1. The summed E-state index contributed by atoms with van der Waals surface area (Å²) >= 11 is 0. The van der Waals surface area contributed by atoms with Crippen LogP contribution < -0.4 is 4.74 Å². The predicted octanol–water partition coefficient (Wildman–Crippen LogP) is 1.45. The largest absolute Gasteiger partial charge is 0.507 e. The van der Waals surface area contributed by atoms with Crippen LogP contribution in [0.25, 0.3) is 0 Å². The molecule has 0 spiro atoms. The van der Waals surface area contributed by atoms with Crippen LogP contribution >= 0.6 is 0 Å². The van der Waals surface area contributed by atoms with Crippen LogP contribution in [-0.4, -0.2) is 25.4 Å². The van der Waals surface area contributed by atoms with Crippen molar-refractivity contribution in [1.29, 1.82) is 0 Å². The molecular weight excluding hydrogens is 184 g/mol. The molecule has 0 unspecified atom stereocenters. The Balaban J connectivity index is 2.25. The normalized spacial score (nSPS) is 17.2. The monoisotopic (exact) mass is 196 g/mol. The summed E-state index contributed by atoms with van der Waals surface area (Å²) in [5.74, 6) is 0.750. The molecule has 1 aliphatic rings. The Labute approximate surface area is 82.0 Å².